The van der Waals surface area contributed by atoms with Gasteiger partial charge < -0.3 is 0 Å². The highest BCUT2D eigenvalue weighted by molar-refractivity contribution is 5.22. The summed E-state index contributed by atoms with van der Waals surface area (Å²) in [5, 5.41) is 0. The molecule has 0 bridgehead atoms. The summed E-state index contributed by atoms with van der Waals surface area (Å²) < 4.78 is 72.3. The highest BCUT2D eigenvalue weighted by Gasteiger charge is 2.38. The van der Waals surface area contributed by atoms with Crippen LogP contribution in [0, 0.1) is 23.5 Å². The third-order valence-electron chi connectivity index (χ3n) is 1.22. The van der Waals surface area contributed by atoms with Gasteiger partial charge in [0.15, 0.2) is 0 Å². The summed E-state index contributed by atoms with van der Waals surface area (Å²) in [7, 11) is 0. The van der Waals surface area contributed by atoms with Gasteiger partial charge in [-0.1, -0.05) is 0 Å². The average Bonchev–Trinajstić information content (AvgIpc) is 1.78. The molecule has 6 heteroatoms. The highest BCUT2D eigenvalue weighted by atomic mass is 19.4. The lowest BCUT2D eigenvalue weighted by molar-refractivity contribution is -0.142. The minimum absolute atomic E-state index is 0.0775. The van der Waals surface area contributed by atoms with E-state index < -0.39 is 29.2 Å². The summed E-state index contributed by atoms with van der Waals surface area (Å²) in [6, 6.07) is 1.02. The summed E-state index contributed by atoms with van der Waals surface area (Å²) in [4.78, 5) is 0. The van der Waals surface area contributed by atoms with Crippen LogP contribution >= 0.6 is 0 Å². The van der Waals surface area contributed by atoms with E-state index in [9.17, 15) is 26.3 Å². The van der Waals surface area contributed by atoms with Crippen molar-refractivity contribution in [3.05, 3.63) is 35.1 Å². The van der Waals surface area contributed by atoms with Gasteiger partial charge in [-0.3, -0.25) is 0 Å². The lowest BCUT2D eigenvalue weighted by Crippen LogP contribution is -2.11. The number of benzene rings is 1. The second kappa shape index (κ2) is 2.93. The molecule has 71 valence electrons. The Bertz CT molecular complexity index is 303. The summed E-state index contributed by atoms with van der Waals surface area (Å²) in [5.74, 6) is -5.57. The lowest BCUT2D eigenvalue weighted by Gasteiger charge is -2.08. The van der Waals surface area contributed by atoms with E-state index in [1.807, 2.05) is 0 Å². The summed E-state index contributed by atoms with van der Waals surface area (Å²) in [6.45, 7) is 0. The van der Waals surface area contributed by atoms with Gasteiger partial charge in [-0.15, -0.1) is 0 Å². The van der Waals surface area contributed by atoms with Crippen LogP contribution in [0.2, 0.25) is 0 Å². The van der Waals surface area contributed by atoms with Crippen LogP contribution in [0.1, 0.15) is 5.56 Å². The van der Waals surface area contributed by atoms with E-state index >= 15 is 0 Å². The predicted octanol–water partition coefficient (Wildman–Crippen LogP) is 2.92. The molecule has 1 rings (SSSR count). The van der Waals surface area contributed by atoms with Crippen molar-refractivity contribution in [3.8, 4) is 0 Å². The molecule has 0 nitrogen and oxygen atoms in total. The lowest BCUT2D eigenvalue weighted by atomic mass is 10.2. The van der Waals surface area contributed by atoms with Crippen molar-refractivity contribution < 1.29 is 26.3 Å². The van der Waals surface area contributed by atoms with Crippen LogP contribution in [0.25, 0.3) is 0 Å². The third kappa shape index (κ3) is 1.93. The van der Waals surface area contributed by atoms with Crippen LogP contribution in [0.3, 0.4) is 0 Å². The van der Waals surface area contributed by atoms with Gasteiger partial charge in [-0.2, -0.15) is 13.2 Å². The van der Waals surface area contributed by atoms with E-state index in [0.717, 1.165) is 6.07 Å². The van der Waals surface area contributed by atoms with Crippen molar-refractivity contribution in [2.24, 2.45) is 0 Å². The molecular weight excluding hydrogens is 198 g/mol. The van der Waals surface area contributed by atoms with Gasteiger partial charge in [-0.05, 0) is 0 Å². The van der Waals surface area contributed by atoms with Crippen LogP contribution in [0.5, 0.6) is 0 Å². The smallest absolute Gasteiger partial charge is 0.206 e. The number of halogens is 6. The van der Waals surface area contributed by atoms with Crippen molar-refractivity contribution in [3.63, 3.8) is 0 Å². The molecule has 0 aromatic heterocycles. The Hall–Kier alpha value is -1.20. The SMILES string of the molecule is Fc1[c]c(F)c(C(F)(F)F)c(F)c1. The zero-order chi connectivity index (χ0) is 10.2. The number of rotatable bonds is 0. The molecular formula is C7HF6. The van der Waals surface area contributed by atoms with Gasteiger partial charge in [0, 0.05) is 6.07 Å². The van der Waals surface area contributed by atoms with Gasteiger partial charge in [0.2, 0.25) is 0 Å². The fraction of sp³-hybridized carbons (Fsp3) is 0.143. The number of hydrogen-bond donors (Lipinski definition) is 0. The standard InChI is InChI=1S/C7HF6/c8-3-1-4(9)6(5(10)2-3)7(11,12)13/h1H. The van der Waals surface area contributed by atoms with Crippen LogP contribution in [-0.2, 0) is 6.18 Å². The van der Waals surface area contributed by atoms with Gasteiger partial charge >= 0.3 is 6.18 Å². The molecule has 0 heterocycles. The number of hydrogen-bond acceptors (Lipinski definition) is 0. The Kier molecular flexibility index (Phi) is 2.23. The van der Waals surface area contributed by atoms with Crippen LogP contribution in [-0.4, -0.2) is 0 Å². The Morgan fingerprint density at radius 2 is 1.62 bits per heavy atom. The van der Waals surface area contributed by atoms with E-state index in [2.05, 4.69) is 0 Å². The van der Waals surface area contributed by atoms with Gasteiger partial charge in [0.1, 0.15) is 23.0 Å². The Labute approximate surface area is 68.8 Å². The maximum absolute atomic E-state index is 12.4. The van der Waals surface area contributed by atoms with E-state index in [4.69, 9.17) is 0 Å². The van der Waals surface area contributed by atoms with Gasteiger partial charge in [-0.25, -0.2) is 13.2 Å². The first kappa shape index (κ1) is 9.88. The van der Waals surface area contributed by atoms with Crippen molar-refractivity contribution in [2.75, 3.05) is 0 Å². The number of alkyl halides is 3. The van der Waals surface area contributed by atoms with Crippen LogP contribution in [0.15, 0.2) is 6.07 Å². The molecule has 0 aliphatic heterocycles. The topological polar surface area (TPSA) is 0 Å². The molecule has 1 radical (unpaired) electrons. The molecule has 0 saturated carbocycles. The molecule has 13 heavy (non-hydrogen) atoms. The molecule has 0 spiro atoms. The molecule has 0 unspecified atom stereocenters. The third-order valence-corrected chi connectivity index (χ3v) is 1.22. The molecule has 1 aromatic carbocycles. The second-order valence-electron chi connectivity index (χ2n) is 2.15. The summed E-state index contributed by atoms with van der Waals surface area (Å²) >= 11 is 0. The average molecular weight is 199 g/mol. The first-order valence-electron chi connectivity index (χ1n) is 2.96. The maximum Gasteiger partial charge on any atom is 0.422 e. The Morgan fingerprint density at radius 1 is 1.08 bits per heavy atom. The monoisotopic (exact) mass is 199 g/mol. The first-order chi connectivity index (χ1) is 5.82. The molecule has 0 atom stereocenters. The zero-order valence-corrected chi connectivity index (χ0v) is 5.85. The highest BCUT2D eigenvalue weighted by Crippen LogP contribution is 2.33. The maximum atomic E-state index is 12.4. The fourth-order valence-corrected chi connectivity index (χ4v) is 0.752. The largest absolute Gasteiger partial charge is 0.422 e. The molecule has 0 N–H and O–H groups in total. The molecule has 0 aliphatic carbocycles. The van der Waals surface area contributed by atoms with Gasteiger partial charge in [0.25, 0.3) is 0 Å². The van der Waals surface area contributed by atoms with Crippen LogP contribution < -0.4 is 0 Å². The Morgan fingerprint density at radius 3 is 2.00 bits per heavy atom. The molecule has 0 aliphatic rings. The van der Waals surface area contributed by atoms with E-state index in [1.54, 1.807) is 0 Å². The zero-order valence-electron chi connectivity index (χ0n) is 5.85. The van der Waals surface area contributed by atoms with Crippen LogP contribution in [0.4, 0.5) is 26.3 Å². The molecule has 1 aromatic rings. The molecule has 0 saturated heterocycles. The fourth-order valence-electron chi connectivity index (χ4n) is 0.752. The molecule has 0 fully saturated rings. The van der Waals surface area contributed by atoms with Crippen molar-refractivity contribution in [1.82, 2.24) is 0 Å². The summed E-state index contributed by atoms with van der Waals surface area (Å²) in [6.07, 6.45) is -5.18. The normalized spacial score (nSPS) is 11.8. The summed E-state index contributed by atoms with van der Waals surface area (Å²) in [5.41, 5.74) is -2.13. The van der Waals surface area contributed by atoms with E-state index in [-0.39, 0.29) is 6.07 Å². The first-order valence-corrected chi connectivity index (χ1v) is 2.96. The minimum atomic E-state index is -5.18. The predicted molar refractivity (Wildman–Crippen MR) is 30.2 cm³/mol. The van der Waals surface area contributed by atoms with Gasteiger partial charge in [0.05, 0.1) is 6.07 Å². The van der Waals surface area contributed by atoms with E-state index in [1.165, 1.54) is 0 Å². The quantitative estimate of drug-likeness (QED) is 0.563. The molecule has 0 amide bonds. The second-order valence-corrected chi connectivity index (χ2v) is 2.15. The Balaban J connectivity index is 3.38. The minimum Gasteiger partial charge on any atom is -0.206 e. The van der Waals surface area contributed by atoms with Crippen molar-refractivity contribution >= 4 is 0 Å². The van der Waals surface area contributed by atoms with Crippen molar-refractivity contribution in [2.45, 2.75) is 6.18 Å². The van der Waals surface area contributed by atoms with Crippen molar-refractivity contribution in [1.29, 1.82) is 0 Å². The van der Waals surface area contributed by atoms with E-state index in [0.29, 0.717) is 0 Å².